The SMILES string of the molecule is CC1Cc2ccccc2N1C(=O)CCCNc1c(F)c(N)c2c3c1OC[C@H](C)N3C(C)C(C(=O)O)C2=O. The molecule has 2 aromatic carbocycles. The van der Waals surface area contributed by atoms with Crippen LogP contribution in [-0.4, -0.2) is 54.0 Å². The topological polar surface area (TPSA) is 125 Å². The Labute approximate surface area is 214 Å². The van der Waals surface area contributed by atoms with Gasteiger partial charge in [-0.25, -0.2) is 4.39 Å². The smallest absolute Gasteiger partial charge is 0.316 e. The van der Waals surface area contributed by atoms with Gasteiger partial charge in [-0.1, -0.05) is 18.2 Å². The number of Topliss-reactive ketones (excluding diaryl/α,β-unsaturated/α-hetero) is 1. The number of ether oxygens (including phenoxy) is 1. The molecule has 37 heavy (non-hydrogen) atoms. The summed E-state index contributed by atoms with van der Waals surface area (Å²) in [6.07, 6.45) is 1.52. The molecule has 3 heterocycles. The van der Waals surface area contributed by atoms with E-state index >= 15 is 4.39 Å². The highest BCUT2D eigenvalue weighted by Crippen LogP contribution is 2.52. The number of nitrogens with one attached hydrogen (secondary N) is 1. The molecular weight excluding hydrogens is 479 g/mol. The zero-order valence-corrected chi connectivity index (χ0v) is 21.1. The number of rotatable bonds is 6. The van der Waals surface area contributed by atoms with Crippen LogP contribution in [0.1, 0.15) is 49.5 Å². The third-order valence-electron chi connectivity index (χ3n) is 7.67. The lowest BCUT2D eigenvalue weighted by Gasteiger charge is -2.47. The molecule has 0 fully saturated rings. The molecule has 0 spiro atoms. The van der Waals surface area contributed by atoms with E-state index in [1.54, 1.807) is 11.8 Å². The molecule has 0 radical (unpaired) electrons. The van der Waals surface area contributed by atoms with Gasteiger partial charge in [-0.3, -0.25) is 14.4 Å². The molecule has 0 aliphatic carbocycles. The molecule has 9 nitrogen and oxygen atoms in total. The van der Waals surface area contributed by atoms with E-state index in [1.165, 1.54) is 0 Å². The summed E-state index contributed by atoms with van der Waals surface area (Å²) < 4.78 is 21.4. The second kappa shape index (κ2) is 9.24. The number of hydrogen-bond donors (Lipinski definition) is 3. The Morgan fingerprint density at radius 2 is 1.95 bits per heavy atom. The highest BCUT2D eigenvalue weighted by molar-refractivity contribution is 6.18. The van der Waals surface area contributed by atoms with Crippen LogP contribution in [0.3, 0.4) is 0 Å². The molecule has 10 heteroatoms. The summed E-state index contributed by atoms with van der Waals surface area (Å²) in [5, 5.41) is 12.7. The number of halogens is 1. The largest absolute Gasteiger partial charge is 0.487 e. The first-order valence-corrected chi connectivity index (χ1v) is 12.6. The molecule has 0 aromatic heterocycles. The molecule has 3 aliphatic rings. The van der Waals surface area contributed by atoms with Crippen molar-refractivity contribution in [2.45, 2.75) is 58.2 Å². The normalized spacial score (nSPS) is 23.8. The number of carboxylic acid groups (broad SMARTS) is 1. The van der Waals surface area contributed by atoms with E-state index in [9.17, 15) is 19.5 Å². The number of carbonyl (C=O) groups excluding carboxylic acids is 2. The molecule has 4 N–H and O–H groups in total. The number of hydrogen-bond acceptors (Lipinski definition) is 7. The average Bonchev–Trinajstić information content (AvgIpc) is 3.19. The van der Waals surface area contributed by atoms with E-state index in [2.05, 4.69) is 5.32 Å². The van der Waals surface area contributed by atoms with Crippen molar-refractivity contribution in [1.29, 1.82) is 0 Å². The molecule has 3 unspecified atom stereocenters. The minimum Gasteiger partial charge on any atom is -0.487 e. The van der Waals surface area contributed by atoms with Crippen LogP contribution < -0.4 is 25.6 Å². The summed E-state index contributed by atoms with van der Waals surface area (Å²) in [7, 11) is 0. The van der Waals surface area contributed by atoms with Crippen LogP contribution >= 0.6 is 0 Å². The van der Waals surface area contributed by atoms with Crippen molar-refractivity contribution in [3.8, 4) is 5.75 Å². The maximum Gasteiger partial charge on any atom is 0.316 e. The molecule has 3 aliphatic heterocycles. The molecular formula is C27H31FN4O5. The van der Waals surface area contributed by atoms with E-state index in [-0.39, 0.29) is 54.6 Å². The summed E-state index contributed by atoms with van der Waals surface area (Å²) in [6.45, 7) is 6.01. The van der Waals surface area contributed by atoms with Gasteiger partial charge in [-0.2, -0.15) is 0 Å². The fourth-order valence-corrected chi connectivity index (χ4v) is 5.98. The van der Waals surface area contributed by atoms with Gasteiger partial charge in [0.05, 0.1) is 23.0 Å². The number of para-hydroxylation sites is 1. The van der Waals surface area contributed by atoms with Crippen molar-refractivity contribution >= 4 is 40.4 Å². The second-order valence-corrected chi connectivity index (χ2v) is 10.1. The van der Waals surface area contributed by atoms with Gasteiger partial charge < -0.3 is 30.7 Å². The van der Waals surface area contributed by atoms with Gasteiger partial charge in [0.2, 0.25) is 5.91 Å². The highest BCUT2D eigenvalue weighted by Gasteiger charge is 2.49. The van der Waals surface area contributed by atoms with E-state index in [4.69, 9.17) is 10.5 Å². The maximum atomic E-state index is 15.5. The lowest BCUT2D eigenvalue weighted by atomic mass is 9.82. The lowest BCUT2D eigenvalue weighted by Crippen LogP contribution is -2.56. The van der Waals surface area contributed by atoms with Crippen LogP contribution in [0, 0.1) is 11.7 Å². The number of carbonyl (C=O) groups is 3. The Balaban J connectivity index is 1.37. The monoisotopic (exact) mass is 510 g/mol. The summed E-state index contributed by atoms with van der Waals surface area (Å²) in [4.78, 5) is 41.6. The minimum absolute atomic E-state index is 0.00130. The first kappa shape index (κ1) is 24.9. The molecule has 1 amide bonds. The Bertz CT molecular complexity index is 1300. The molecule has 2 aromatic rings. The van der Waals surface area contributed by atoms with E-state index in [0.717, 1.165) is 17.7 Å². The Kier molecular flexibility index (Phi) is 6.21. The number of nitrogens with zero attached hydrogens (tertiary/aromatic N) is 2. The zero-order valence-electron chi connectivity index (χ0n) is 21.1. The summed E-state index contributed by atoms with van der Waals surface area (Å²) in [5.41, 5.74) is 7.97. The number of ketones is 1. The average molecular weight is 511 g/mol. The highest BCUT2D eigenvalue weighted by atomic mass is 19.1. The quantitative estimate of drug-likeness (QED) is 0.307. The maximum absolute atomic E-state index is 15.5. The molecule has 0 saturated heterocycles. The number of carboxylic acids is 1. The minimum atomic E-state index is -1.36. The number of amides is 1. The fraction of sp³-hybridized carbons (Fsp3) is 0.444. The molecule has 4 atom stereocenters. The zero-order chi connectivity index (χ0) is 26.6. The van der Waals surface area contributed by atoms with Crippen molar-refractivity contribution in [3.05, 3.63) is 41.2 Å². The third-order valence-corrected chi connectivity index (χ3v) is 7.67. The van der Waals surface area contributed by atoms with E-state index in [1.807, 2.05) is 43.0 Å². The standard InChI is InChI=1S/C27H31FN4O5/c1-13-11-16-7-4-5-8-17(16)32(13)18(33)9-6-10-30-23-21(28)22(29)20-24-26(23)37-12-14(2)31(24)15(3)19(25(20)34)27(35)36/h4-5,7-8,13-15,19,30H,6,9-12,29H2,1-3H3,(H,35,36)/t13?,14-,15?,19?/m0/s1. The number of fused-ring (bicyclic) bond motifs is 1. The third kappa shape index (κ3) is 3.86. The van der Waals surface area contributed by atoms with Gasteiger partial charge in [-0.05, 0) is 45.2 Å². The number of nitrogens with two attached hydrogens (primary N) is 1. The number of nitrogen functional groups attached to an aromatic ring is 1. The Morgan fingerprint density at radius 3 is 2.68 bits per heavy atom. The second-order valence-electron chi connectivity index (χ2n) is 10.1. The summed E-state index contributed by atoms with van der Waals surface area (Å²) in [5.74, 6) is -4.06. The summed E-state index contributed by atoms with van der Waals surface area (Å²) >= 11 is 0. The van der Waals surface area contributed by atoms with Crippen LogP contribution in [-0.2, 0) is 16.0 Å². The Morgan fingerprint density at radius 1 is 1.22 bits per heavy atom. The van der Waals surface area contributed by atoms with Crippen molar-refractivity contribution in [1.82, 2.24) is 0 Å². The van der Waals surface area contributed by atoms with Crippen LogP contribution in [0.15, 0.2) is 24.3 Å². The molecule has 0 saturated carbocycles. The number of anilines is 4. The first-order valence-electron chi connectivity index (χ1n) is 12.6. The van der Waals surface area contributed by atoms with Gasteiger partial charge in [-0.15, -0.1) is 0 Å². The number of aliphatic carboxylic acids is 1. The van der Waals surface area contributed by atoms with Gasteiger partial charge in [0.15, 0.2) is 17.3 Å². The van der Waals surface area contributed by atoms with Crippen LogP contribution in [0.5, 0.6) is 5.75 Å². The van der Waals surface area contributed by atoms with Gasteiger partial charge in [0.1, 0.15) is 18.2 Å². The van der Waals surface area contributed by atoms with Crippen LogP contribution in [0.25, 0.3) is 0 Å². The molecule has 5 rings (SSSR count). The Hall–Kier alpha value is -3.82. The van der Waals surface area contributed by atoms with Crippen molar-refractivity contribution in [3.63, 3.8) is 0 Å². The van der Waals surface area contributed by atoms with E-state index < -0.39 is 35.2 Å². The van der Waals surface area contributed by atoms with Crippen molar-refractivity contribution in [2.75, 3.05) is 34.0 Å². The fourth-order valence-electron chi connectivity index (χ4n) is 5.98. The number of benzene rings is 2. The van der Waals surface area contributed by atoms with E-state index in [0.29, 0.717) is 12.1 Å². The summed E-state index contributed by atoms with van der Waals surface area (Å²) in [6, 6.07) is 7.05. The molecule has 0 bridgehead atoms. The van der Waals surface area contributed by atoms with Crippen molar-refractivity contribution < 1.29 is 28.6 Å². The van der Waals surface area contributed by atoms with Crippen LogP contribution in [0.4, 0.5) is 27.1 Å². The first-order chi connectivity index (χ1) is 17.6. The van der Waals surface area contributed by atoms with Gasteiger partial charge >= 0.3 is 5.97 Å². The predicted octanol–water partition coefficient (Wildman–Crippen LogP) is 3.45. The van der Waals surface area contributed by atoms with Gasteiger partial charge in [0, 0.05) is 30.7 Å². The predicted molar refractivity (Wildman–Crippen MR) is 138 cm³/mol. The van der Waals surface area contributed by atoms with Crippen LogP contribution in [0.2, 0.25) is 0 Å². The lowest BCUT2D eigenvalue weighted by molar-refractivity contribution is -0.140. The van der Waals surface area contributed by atoms with Crippen molar-refractivity contribution in [2.24, 2.45) is 5.92 Å². The van der Waals surface area contributed by atoms with Gasteiger partial charge in [0.25, 0.3) is 0 Å². The molecule has 196 valence electrons.